The summed E-state index contributed by atoms with van der Waals surface area (Å²) in [7, 11) is 0. The van der Waals surface area contributed by atoms with Crippen LogP contribution >= 0.6 is 0 Å². The van der Waals surface area contributed by atoms with Crippen LogP contribution < -0.4 is 17.0 Å². The fraction of sp³-hybridized carbons (Fsp3) is 0.455. The number of nitrogens with zero attached hydrogens (tertiary/aromatic N) is 2. The van der Waals surface area contributed by atoms with Crippen LogP contribution in [0.2, 0.25) is 0 Å². The van der Waals surface area contributed by atoms with E-state index in [1.54, 1.807) is 6.20 Å². The maximum atomic E-state index is 12.3. The molecule has 0 spiro atoms. The minimum atomic E-state index is -0.236. The van der Waals surface area contributed by atoms with E-state index in [1.807, 2.05) is 13.8 Å². The molecule has 0 aromatic carbocycles. The van der Waals surface area contributed by atoms with Gasteiger partial charge in [0.15, 0.2) is 0 Å². The molecule has 0 aliphatic heterocycles. The van der Waals surface area contributed by atoms with Crippen LogP contribution in [0, 0.1) is 0 Å². The molecule has 0 saturated carbocycles. The van der Waals surface area contributed by atoms with E-state index in [0.29, 0.717) is 11.0 Å². The number of hydrogen-bond donors (Lipinski definition) is 3. The first-order valence-electron chi connectivity index (χ1n) is 5.72. The molecule has 0 fully saturated rings. The maximum Gasteiger partial charge on any atom is 0.266 e. The molecule has 0 amide bonds. The summed E-state index contributed by atoms with van der Waals surface area (Å²) in [5.41, 5.74) is 12.3. The summed E-state index contributed by atoms with van der Waals surface area (Å²) in [6, 6.07) is 0. The van der Waals surface area contributed by atoms with Gasteiger partial charge in [-0.05, 0) is 19.4 Å². The highest BCUT2D eigenvalue weighted by Gasteiger charge is 2.13. The highest BCUT2D eigenvalue weighted by Crippen LogP contribution is 2.13. The fourth-order valence-electron chi connectivity index (χ4n) is 1.70. The largest absolute Gasteiger partial charge is 0.369 e. The monoisotopic (exact) mass is 251 g/mol. The minimum absolute atomic E-state index is 0.00667. The molecule has 18 heavy (non-hydrogen) atoms. The Morgan fingerprint density at radius 3 is 2.89 bits per heavy atom. The SMILES string of the molecule is CC(C)OCn1c(N)nc2[nH]cc(CN)c2c1=O. The zero-order chi connectivity index (χ0) is 13.3. The summed E-state index contributed by atoms with van der Waals surface area (Å²) in [6.45, 7) is 4.12. The van der Waals surface area contributed by atoms with E-state index in [1.165, 1.54) is 4.57 Å². The molecule has 2 aromatic heterocycles. The second kappa shape index (κ2) is 4.79. The van der Waals surface area contributed by atoms with E-state index in [-0.39, 0.29) is 30.9 Å². The smallest absolute Gasteiger partial charge is 0.266 e. The number of aromatic nitrogens is 3. The van der Waals surface area contributed by atoms with Crippen LogP contribution in [0.25, 0.3) is 11.0 Å². The lowest BCUT2D eigenvalue weighted by atomic mass is 10.2. The third-order valence-corrected chi connectivity index (χ3v) is 2.66. The third kappa shape index (κ3) is 2.09. The molecule has 0 bridgehead atoms. The highest BCUT2D eigenvalue weighted by molar-refractivity contribution is 5.79. The number of nitrogens with one attached hydrogen (secondary N) is 1. The van der Waals surface area contributed by atoms with Gasteiger partial charge in [0.2, 0.25) is 5.95 Å². The first-order chi connectivity index (χ1) is 8.54. The number of anilines is 1. The van der Waals surface area contributed by atoms with E-state index >= 15 is 0 Å². The van der Waals surface area contributed by atoms with Gasteiger partial charge in [-0.15, -0.1) is 0 Å². The Morgan fingerprint density at radius 1 is 1.56 bits per heavy atom. The molecule has 0 aliphatic rings. The van der Waals surface area contributed by atoms with Crippen molar-refractivity contribution in [3.8, 4) is 0 Å². The van der Waals surface area contributed by atoms with Gasteiger partial charge in [0, 0.05) is 12.7 Å². The molecule has 7 heteroatoms. The molecule has 0 saturated heterocycles. The van der Waals surface area contributed by atoms with Crippen LogP contribution in [0.5, 0.6) is 0 Å². The van der Waals surface area contributed by atoms with E-state index in [4.69, 9.17) is 16.2 Å². The van der Waals surface area contributed by atoms with Crippen molar-refractivity contribution in [2.45, 2.75) is 33.2 Å². The average molecular weight is 251 g/mol. The summed E-state index contributed by atoms with van der Waals surface area (Å²) in [6.07, 6.45) is 1.68. The minimum Gasteiger partial charge on any atom is -0.369 e. The van der Waals surface area contributed by atoms with Gasteiger partial charge < -0.3 is 21.2 Å². The Balaban J connectivity index is 2.55. The van der Waals surface area contributed by atoms with E-state index < -0.39 is 0 Å². The molecule has 98 valence electrons. The molecular weight excluding hydrogens is 234 g/mol. The van der Waals surface area contributed by atoms with Crippen molar-refractivity contribution in [3.63, 3.8) is 0 Å². The van der Waals surface area contributed by atoms with Gasteiger partial charge in [0.05, 0.1) is 11.5 Å². The number of nitrogens with two attached hydrogens (primary N) is 2. The Labute approximate surface area is 104 Å². The Kier molecular flexibility index (Phi) is 3.35. The second-order valence-corrected chi connectivity index (χ2v) is 4.29. The molecule has 2 heterocycles. The van der Waals surface area contributed by atoms with Crippen LogP contribution in [0.15, 0.2) is 11.0 Å². The lowest BCUT2D eigenvalue weighted by molar-refractivity contribution is 0.0279. The first kappa shape index (κ1) is 12.6. The third-order valence-electron chi connectivity index (χ3n) is 2.66. The van der Waals surface area contributed by atoms with E-state index in [9.17, 15) is 4.79 Å². The lowest BCUT2D eigenvalue weighted by Gasteiger charge is -2.12. The predicted octanol–water partition coefficient (Wildman–Crippen LogP) is 0.148. The van der Waals surface area contributed by atoms with Crippen molar-refractivity contribution < 1.29 is 4.74 Å². The van der Waals surface area contributed by atoms with Crippen molar-refractivity contribution in [3.05, 3.63) is 22.1 Å². The van der Waals surface area contributed by atoms with Crippen molar-refractivity contribution in [1.82, 2.24) is 14.5 Å². The summed E-state index contributed by atoms with van der Waals surface area (Å²) >= 11 is 0. The Hall–Kier alpha value is -1.86. The molecule has 2 aromatic rings. The predicted molar refractivity (Wildman–Crippen MR) is 68.9 cm³/mol. The Morgan fingerprint density at radius 2 is 2.28 bits per heavy atom. The van der Waals surface area contributed by atoms with E-state index in [0.717, 1.165) is 5.56 Å². The second-order valence-electron chi connectivity index (χ2n) is 4.29. The standard InChI is InChI=1S/C11H17N5O2/c1-6(2)18-5-16-10(17)8-7(3-12)4-14-9(8)15-11(16)13/h4,6,14H,3,5,12H2,1-2H3,(H2,13,15). The van der Waals surface area contributed by atoms with Gasteiger partial charge in [-0.1, -0.05) is 0 Å². The van der Waals surface area contributed by atoms with Crippen LogP contribution in [0.3, 0.4) is 0 Å². The normalized spacial score (nSPS) is 11.6. The van der Waals surface area contributed by atoms with Gasteiger partial charge in [-0.25, -0.2) is 0 Å². The molecule has 2 rings (SSSR count). The number of H-pyrrole nitrogens is 1. The van der Waals surface area contributed by atoms with Crippen molar-refractivity contribution in [2.75, 3.05) is 5.73 Å². The average Bonchev–Trinajstić information content (AvgIpc) is 2.71. The zero-order valence-corrected chi connectivity index (χ0v) is 10.4. The van der Waals surface area contributed by atoms with E-state index in [2.05, 4.69) is 9.97 Å². The fourth-order valence-corrected chi connectivity index (χ4v) is 1.70. The highest BCUT2D eigenvalue weighted by atomic mass is 16.5. The first-order valence-corrected chi connectivity index (χ1v) is 5.72. The van der Waals surface area contributed by atoms with Crippen molar-refractivity contribution in [1.29, 1.82) is 0 Å². The van der Waals surface area contributed by atoms with Gasteiger partial charge in [0.25, 0.3) is 5.56 Å². The van der Waals surface area contributed by atoms with Gasteiger partial charge in [-0.2, -0.15) is 4.98 Å². The van der Waals surface area contributed by atoms with Crippen LogP contribution in [-0.2, 0) is 18.0 Å². The maximum absolute atomic E-state index is 12.3. The quantitative estimate of drug-likeness (QED) is 0.716. The molecular formula is C11H17N5O2. The number of aromatic amines is 1. The molecule has 0 aliphatic carbocycles. The molecule has 5 N–H and O–H groups in total. The summed E-state index contributed by atoms with van der Waals surface area (Å²) in [5, 5.41) is 0.471. The number of fused-ring (bicyclic) bond motifs is 1. The molecule has 0 radical (unpaired) electrons. The van der Waals surface area contributed by atoms with Gasteiger partial charge >= 0.3 is 0 Å². The summed E-state index contributed by atoms with van der Waals surface area (Å²) in [4.78, 5) is 19.3. The summed E-state index contributed by atoms with van der Waals surface area (Å²) < 4.78 is 6.69. The molecule has 7 nitrogen and oxygen atoms in total. The van der Waals surface area contributed by atoms with Gasteiger partial charge in [-0.3, -0.25) is 9.36 Å². The van der Waals surface area contributed by atoms with Gasteiger partial charge in [0.1, 0.15) is 12.4 Å². The Bertz CT molecular complexity index is 614. The number of nitrogen functional groups attached to an aromatic ring is 1. The van der Waals surface area contributed by atoms with Crippen LogP contribution in [-0.4, -0.2) is 20.6 Å². The summed E-state index contributed by atoms with van der Waals surface area (Å²) in [5.74, 6) is 0.124. The van der Waals surface area contributed by atoms with Crippen molar-refractivity contribution in [2.24, 2.45) is 5.73 Å². The number of hydrogen-bond acceptors (Lipinski definition) is 5. The van der Waals surface area contributed by atoms with Crippen LogP contribution in [0.4, 0.5) is 5.95 Å². The zero-order valence-electron chi connectivity index (χ0n) is 10.4. The number of ether oxygens (including phenoxy) is 1. The number of rotatable bonds is 4. The lowest BCUT2D eigenvalue weighted by Crippen LogP contribution is -2.27. The topological polar surface area (TPSA) is 112 Å². The van der Waals surface area contributed by atoms with Crippen LogP contribution in [0.1, 0.15) is 19.4 Å². The van der Waals surface area contributed by atoms with Crippen molar-refractivity contribution >= 4 is 17.0 Å². The molecule has 0 atom stereocenters. The molecule has 0 unspecified atom stereocenters.